The Bertz CT molecular complexity index is 1250. The van der Waals surface area contributed by atoms with Crippen molar-refractivity contribution in [3.63, 3.8) is 0 Å². The lowest BCUT2D eigenvalue weighted by Crippen LogP contribution is -2.13. The summed E-state index contributed by atoms with van der Waals surface area (Å²) in [6.07, 6.45) is 1.60. The van der Waals surface area contributed by atoms with Crippen LogP contribution < -0.4 is 10.2 Å². The lowest BCUT2D eigenvalue weighted by atomic mass is 10.1. The minimum atomic E-state index is -0.271. The molecule has 0 amide bonds. The number of hydrogen-bond donors (Lipinski definition) is 0. The molecular formula is C24H17FN2O2. The van der Waals surface area contributed by atoms with Crippen LogP contribution in [0.3, 0.4) is 0 Å². The molecule has 1 aromatic heterocycles. The lowest BCUT2D eigenvalue weighted by molar-refractivity contribution is 0.306. The van der Waals surface area contributed by atoms with E-state index < -0.39 is 0 Å². The molecule has 0 saturated carbocycles. The standard InChI is InChI=1S/C24H17FN2O2/c25-20-9-5-18(6-10-20)16-29-21-11-7-17(8-12-21)14-27-15-19(13-26)24(28)22-3-1-2-4-23(22)27/h1-12,15H,14,16H2. The van der Waals surface area contributed by atoms with E-state index in [1.54, 1.807) is 30.5 Å². The number of nitrogens with zero attached hydrogens (tertiary/aromatic N) is 2. The maximum absolute atomic E-state index is 13.0. The van der Waals surface area contributed by atoms with Gasteiger partial charge in [-0.15, -0.1) is 0 Å². The van der Waals surface area contributed by atoms with Gasteiger partial charge >= 0.3 is 0 Å². The molecule has 0 aliphatic rings. The van der Waals surface area contributed by atoms with Crippen LogP contribution in [-0.2, 0) is 13.2 Å². The normalized spacial score (nSPS) is 10.6. The van der Waals surface area contributed by atoms with Crippen LogP contribution in [0.5, 0.6) is 5.75 Å². The zero-order valence-electron chi connectivity index (χ0n) is 15.5. The molecule has 0 aliphatic carbocycles. The Kier molecular flexibility index (Phi) is 5.08. The highest BCUT2D eigenvalue weighted by atomic mass is 19.1. The number of aromatic nitrogens is 1. The summed E-state index contributed by atoms with van der Waals surface area (Å²) in [5.41, 5.74) is 2.57. The second kappa shape index (κ2) is 7.99. The SMILES string of the molecule is N#Cc1cn(Cc2ccc(OCc3ccc(F)cc3)cc2)c2ccccc2c1=O. The molecule has 142 valence electrons. The zero-order chi connectivity index (χ0) is 20.2. The first kappa shape index (κ1) is 18.5. The van der Waals surface area contributed by atoms with E-state index in [0.29, 0.717) is 24.3 Å². The monoisotopic (exact) mass is 384 g/mol. The summed E-state index contributed by atoms with van der Waals surface area (Å²) in [7, 11) is 0. The van der Waals surface area contributed by atoms with Crippen LogP contribution >= 0.6 is 0 Å². The Morgan fingerprint density at radius 3 is 2.34 bits per heavy atom. The van der Waals surface area contributed by atoms with Gasteiger partial charge in [0, 0.05) is 18.1 Å². The molecule has 1 heterocycles. The van der Waals surface area contributed by atoms with Crippen LogP contribution in [0.4, 0.5) is 4.39 Å². The van der Waals surface area contributed by atoms with E-state index in [9.17, 15) is 14.4 Å². The van der Waals surface area contributed by atoms with Crippen molar-refractivity contribution in [2.24, 2.45) is 0 Å². The maximum Gasteiger partial charge on any atom is 0.207 e. The Morgan fingerprint density at radius 1 is 0.931 bits per heavy atom. The minimum absolute atomic E-state index is 0.128. The van der Waals surface area contributed by atoms with E-state index in [2.05, 4.69) is 0 Å². The molecule has 0 saturated heterocycles. The van der Waals surface area contributed by atoms with Gasteiger partial charge in [-0.05, 0) is 47.5 Å². The Morgan fingerprint density at radius 2 is 1.62 bits per heavy atom. The Balaban J connectivity index is 1.53. The van der Waals surface area contributed by atoms with Crippen LogP contribution in [0, 0.1) is 17.1 Å². The fourth-order valence-electron chi connectivity index (χ4n) is 3.19. The molecule has 4 aromatic rings. The minimum Gasteiger partial charge on any atom is -0.489 e. The third kappa shape index (κ3) is 4.02. The summed E-state index contributed by atoms with van der Waals surface area (Å²) in [5.74, 6) is 0.438. The van der Waals surface area contributed by atoms with Gasteiger partial charge in [0.05, 0.1) is 5.52 Å². The molecule has 3 aromatic carbocycles. The third-order valence-electron chi connectivity index (χ3n) is 4.70. The van der Waals surface area contributed by atoms with E-state index in [1.807, 2.05) is 47.0 Å². The summed E-state index contributed by atoms with van der Waals surface area (Å²) < 4.78 is 20.6. The van der Waals surface area contributed by atoms with E-state index >= 15 is 0 Å². The number of nitriles is 1. The van der Waals surface area contributed by atoms with Gasteiger partial charge in [-0.2, -0.15) is 5.26 Å². The second-order valence-electron chi connectivity index (χ2n) is 6.69. The summed E-state index contributed by atoms with van der Waals surface area (Å²) >= 11 is 0. The topological polar surface area (TPSA) is 55.0 Å². The van der Waals surface area contributed by atoms with E-state index in [4.69, 9.17) is 4.74 Å². The Labute approximate surface area is 167 Å². The molecule has 0 atom stereocenters. The summed E-state index contributed by atoms with van der Waals surface area (Å²) in [6.45, 7) is 0.878. The zero-order valence-corrected chi connectivity index (χ0v) is 15.5. The highest BCUT2D eigenvalue weighted by Crippen LogP contribution is 2.18. The van der Waals surface area contributed by atoms with Gasteiger partial charge in [0.2, 0.25) is 5.43 Å². The molecule has 0 radical (unpaired) electrons. The van der Waals surface area contributed by atoms with Gasteiger partial charge in [0.1, 0.15) is 29.8 Å². The highest BCUT2D eigenvalue weighted by molar-refractivity contribution is 5.80. The number of ether oxygens (including phenoxy) is 1. The summed E-state index contributed by atoms with van der Waals surface area (Å²) in [6, 6.07) is 23.1. The molecule has 0 unspecified atom stereocenters. The van der Waals surface area contributed by atoms with Crippen LogP contribution in [0.1, 0.15) is 16.7 Å². The van der Waals surface area contributed by atoms with Gasteiger partial charge in [-0.25, -0.2) is 4.39 Å². The van der Waals surface area contributed by atoms with Gasteiger partial charge < -0.3 is 9.30 Å². The smallest absolute Gasteiger partial charge is 0.207 e. The maximum atomic E-state index is 13.0. The number of para-hydroxylation sites is 1. The fraction of sp³-hybridized carbons (Fsp3) is 0.0833. The van der Waals surface area contributed by atoms with Crippen molar-refractivity contribution >= 4 is 10.9 Å². The van der Waals surface area contributed by atoms with E-state index in [1.165, 1.54) is 12.1 Å². The summed E-state index contributed by atoms with van der Waals surface area (Å²) in [4.78, 5) is 12.3. The number of halogens is 1. The molecular weight excluding hydrogens is 367 g/mol. The van der Waals surface area contributed by atoms with Crippen LogP contribution in [0.25, 0.3) is 10.9 Å². The third-order valence-corrected chi connectivity index (χ3v) is 4.70. The first-order chi connectivity index (χ1) is 14.1. The van der Waals surface area contributed by atoms with Crippen molar-refractivity contribution in [2.45, 2.75) is 13.2 Å². The van der Waals surface area contributed by atoms with Crippen molar-refractivity contribution in [1.29, 1.82) is 5.26 Å². The first-order valence-electron chi connectivity index (χ1n) is 9.12. The molecule has 4 nitrogen and oxygen atoms in total. The van der Waals surface area contributed by atoms with Crippen LogP contribution in [0.15, 0.2) is 83.8 Å². The molecule has 5 heteroatoms. The number of pyridine rings is 1. The molecule has 0 bridgehead atoms. The van der Waals surface area contributed by atoms with Crippen molar-refractivity contribution in [1.82, 2.24) is 4.57 Å². The molecule has 29 heavy (non-hydrogen) atoms. The van der Waals surface area contributed by atoms with Gasteiger partial charge in [-0.1, -0.05) is 36.4 Å². The largest absolute Gasteiger partial charge is 0.489 e. The molecule has 0 fully saturated rings. The number of hydrogen-bond acceptors (Lipinski definition) is 3. The number of benzene rings is 3. The quantitative estimate of drug-likeness (QED) is 0.504. The van der Waals surface area contributed by atoms with E-state index in [-0.39, 0.29) is 16.8 Å². The predicted molar refractivity (Wildman–Crippen MR) is 109 cm³/mol. The fourth-order valence-corrected chi connectivity index (χ4v) is 3.19. The van der Waals surface area contributed by atoms with Crippen LogP contribution in [-0.4, -0.2) is 4.57 Å². The highest BCUT2D eigenvalue weighted by Gasteiger charge is 2.09. The van der Waals surface area contributed by atoms with Crippen molar-refractivity contribution in [3.8, 4) is 11.8 Å². The summed E-state index contributed by atoms with van der Waals surface area (Å²) in [5, 5.41) is 9.81. The van der Waals surface area contributed by atoms with Crippen molar-refractivity contribution in [2.75, 3.05) is 0 Å². The molecule has 0 spiro atoms. The lowest BCUT2D eigenvalue weighted by Gasteiger charge is -2.12. The number of rotatable bonds is 5. The van der Waals surface area contributed by atoms with Gasteiger partial charge in [-0.3, -0.25) is 4.79 Å². The molecule has 0 N–H and O–H groups in total. The van der Waals surface area contributed by atoms with Crippen molar-refractivity contribution < 1.29 is 9.13 Å². The van der Waals surface area contributed by atoms with E-state index in [0.717, 1.165) is 16.6 Å². The van der Waals surface area contributed by atoms with Crippen molar-refractivity contribution in [3.05, 3.63) is 112 Å². The van der Waals surface area contributed by atoms with Gasteiger partial charge in [0.25, 0.3) is 0 Å². The second-order valence-corrected chi connectivity index (χ2v) is 6.69. The average Bonchev–Trinajstić information content (AvgIpc) is 2.76. The predicted octanol–water partition coefficient (Wildman–Crippen LogP) is 4.64. The van der Waals surface area contributed by atoms with Gasteiger partial charge in [0.15, 0.2) is 0 Å². The average molecular weight is 384 g/mol. The first-order valence-corrected chi connectivity index (χ1v) is 9.12. The molecule has 0 aliphatic heterocycles. The Hall–Kier alpha value is -3.91. The molecule has 4 rings (SSSR count). The van der Waals surface area contributed by atoms with Crippen LogP contribution in [0.2, 0.25) is 0 Å². The number of fused-ring (bicyclic) bond motifs is 1.